The second-order valence-electron chi connectivity index (χ2n) is 8.18. The van der Waals surface area contributed by atoms with E-state index >= 15 is 0 Å². The molecule has 2 N–H and O–H groups in total. The van der Waals surface area contributed by atoms with Crippen molar-refractivity contribution >= 4 is 29.1 Å². The summed E-state index contributed by atoms with van der Waals surface area (Å²) in [6, 6.07) is 15.0. The van der Waals surface area contributed by atoms with Crippen molar-refractivity contribution < 1.29 is 9.59 Å². The van der Waals surface area contributed by atoms with Gasteiger partial charge in [-0.15, -0.1) is 0 Å². The van der Waals surface area contributed by atoms with Gasteiger partial charge in [-0.25, -0.2) is 4.68 Å². The van der Waals surface area contributed by atoms with E-state index in [1.807, 2.05) is 36.5 Å². The highest BCUT2D eigenvalue weighted by atomic mass is 35.5. The molecule has 0 spiro atoms. The third kappa shape index (κ3) is 5.77. The number of nitrogens with zero attached hydrogens (tertiary/aromatic N) is 2. The Morgan fingerprint density at radius 2 is 1.84 bits per heavy atom. The minimum Gasteiger partial charge on any atom is -0.349 e. The minimum absolute atomic E-state index is 0.126. The predicted octanol–water partition coefficient (Wildman–Crippen LogP) is 5.16. The minimum atomic E-state index is -0.189. The largest absolute Gasteiger partial charge is 0.349 e. The van der Waals surface area contributed by atoms with Gasteiger partial charge in [-0.2, -0.15) is 5.10 Å². The summed E-state index contributed by atoms with van der Waals surface area (Å²) in [5.41, 5.74) is 2.91. The van der Waals surface area contributed by atoms with Gasteiger partial charge in [0.2, 0.25) is 5.91 Å². The molecule has 1 aliphatic carbocycles. The number of aromatic nitrogens is 2. The summed E-state index contributed by atoms with van der Waals surface area (Å²) in [5, 5.41) is 10.7. The van der Waals surface area contributed by atoms with E-state index in [-0.39, 0.29) is 17.9 Å². The number of benzene rings is 2. The lowest BCUT2D eigenvalue weighted by Gasteiger charge is -2.23. The van der Waals surface area contributed by atoms with Crippen LogP contribution in [0, 0.1) is 0 Å². The first-order valence-electron chi connectivity index (χ1n) is 11.1. The van der Waals surface area contributed by atoms with Crippen LogP contribution in [-0.2, 0) is 11.2 Å². The van der Waals surface area contributed by atoms with Crippen LogP contribution in [0.5, 0.6) is 0 Å². The second-order valence-corrected chi connectivity index (χ2v) is 8.59. The molecule has 1 aliphatic rings. The number of rotatable bonds is 7. The summed E-state index contributed by atoms with van der Waals surface area (Å²) in [6.07, 6.45) is 10.1. The maximum atomic E-state index is 12.7. The molecule has 6 nitrogen and oxygen atoms in total. The summed E-state index contributed by atoms with van der Waals surface area (Å²) < 4.78 is 1.80. The highest BCUT2D eigenvalue weighted by molar-refractivity contribution is 6.34. The fourth-order valence-electron chi connectivity index (χ4n) is 3.98. The van der Waals surface area contributed by atoms with Gasteiger partial charge in [-0.3, -0.25) is 9.59 Å². The van der Waals surface area contributed by atoms with E-state index in [9.17, 15) is 9.59 Å². The quantitative estimate of drug-likeness (QED) is 0.522. The molecular weight excluding hydrogens is 424 g/mol. The van der Waals surface area contributed by atoms with Crippen LogP contribution in [-0.4, -0.2) is 27.6 Å². The molecule has 2 aromatic carbocycles. The van der Waals surface area contributed by atoms with Crippen LogP contribution >= 0.6 is 11.6 Å². The van der Waals surface area contributed by atoms with Gasteiger partial charge in [0.1, 0.15) is 0 Å². The predicted molar refractivity (Wildman–Crippen MR) is 126 cm³/mol. The number of anilines is 1. The molecule has 0 saturated heterocycles. The van der Waals surface area contributed by atoms with Crippen molar-refractivity contribution in [1.29, 1.82) is 0 Å². The van der Waals surface area contributed by atoms with Gasteiger partial charge in [-0.05, 0) is 55.2 Å². The van der Waals surface area contributed by atoms with Gasteiger partial charge >= 0.3 is 0 Å². The number of carbonyl (C=O) groups is 2. The van der Waals surface area contributed by atoms with Crippen molar-refractivity contribution in [3.8, 4) is 5.69 Å². The standard InChI is InChI=1S/C25H27ClN4O2/c26-23-13-12-20(15-22(23)25(32)29-19-7-3-1-4-8-19)28-24(31)14-11-18-16-27-30(17-18)21-9-5-2-6-10-21/h2,5-6,9-10,12-13,15-17,19H,1,3-4,7-8,11,14H2,(H,28,31)(H,29,32). The van der Waals surface area contributed by atoms with Crippen LogP contribution in [0.4, 0.5) is 5.69 Å². The zero-order valence-electron chi connectivity index (χ0n) is 17.9. The van der Waals surface area contributed by atoms with Crippen molar-refractivity contribution in [2.45, 2.75) is 51.0 Å². The summed E-state index contributed by atoms with van der Waals surface area (Å²) in [5.74, 6) is -0.315. The van der Waals surface area contributed by atoms with Crippen molar-refractivity contribution in [3.63, 3.8) is 0 Å². The first-order valence-corrected chi connectivity index (χ1v) is 11.5. The van der Waals surface area contributed by atoms with Crippen LogP contribution in [0.2, 0.25) is 5.02 Å². The lowest BCUT2D eigenvalue weighted by atomic mass is 9.95. The topological polar surface area (TPSA) is 76.0 Å². The van der Waals surface area contributed by atoms with E-state index in [2.05, 4.69) is 15.7 Å². The smallest absolute Gasteiger partial charge is 0.253 e. The second kappa shape index (κ2) is 10.5. The van der Waals surface area contributed by atoms with Crippen molar-refractivity contribution in [3.05, 3.63) is 77.1 Å². The zero-order valence-corrected chi connectivity index (χ0v) is 18.6. The van der Waals surface area contributed by atoms with E-state index < -0.39 is 0 Å². The van der Waals surface area contributed by atoms with Gasteiger partial charge in [0.25, 0.3) is 5.91 Å². The average molecular weight is 451 g/mol. The monoisotopic (exact) mass is 450 g/mol. The van der Waals surface area contributed by atoms with Crippen molar-refractivity contribution in [1.82, 2.24) is 15.1 Å². The summed E-state index contributed by atoms with van der Waals surface area (Å²) in [7, 11) is 0. The number of aryl methyl sites for hydroxylation is 1. The maximum absolute atomic E-state index is 12.7. The lowest BCUT2D eigenvalue weighted by Crippen LogP contribution is -2.36. The Bertz CT molecular complexity index is 1070. The normalized spacial score (nSPS) is 14.2. The van der Waals surface area contributed by atoms with E-state index in [4.69, 9.17) is 11.6 Å². The highest BCUT2D eigenvalue weighted by Crippen LogP contribution is 2.23. The number of halogens is 1. The van der Waals surface area contributed by atoms with Crippen LogP contribution in [0.25, 0.3) is 5.69 Å². The molecule has 0 atom stereocenters. The average Bonchev–Trinajstić information content (AvgIpc) is 3.29. The van der Waals surface area contributed by atoms with Gasteiger partial charge in [0, 0.05) is 24.3 Å². The van der Waals surface area contributed by atoms with Crippen LogP contribution in [0.1, 0.15) is 54.4 Å². The fourth-order valence-corrected chi connectivity index (χ4v) is 4.18. The van der Waals surface area contributed by atoms with Gasteiger partial charge in [0.05, 0.1) is 22.5 Å². The molecule has 32 heavy (non-hydrogen) atoms. The van der Waals surface area contributed by atoms with E-state index in [0.717, 1.165) is 36.9 Å². The molecule has 2 amide bonds. The van der Waals surface area contributed by atoms with Crippen LogP contribution in [0.15, 0.2) is 60.9 Å². The SMILES string of the molecule is O=C(CCc1cnn(-c2ccccc2)c1)Nc1ccc(Cl)c(C(=O)NC2CCCCC2)c1. The molecule has 7 heteroatoms. The Labute approximate surface area is 193 Å². The van der Waals surface area contributed by atoms with E-state index in [1.54, 1.807) is 29.1 Å². The van der Waals surface area contributed by atoms with Crippen molar-refractivity contribution in [2.24, 2.45) is 0 Å². The number of hydrogen-bond acceptors (Lipinski definition) is 3. The Morgan fingerprint density at radius 1 is 1.06 bits per heavy atom. The number of nitrogens with one attached hydrogen (secondary N) is 2. The number of para-hydroxylation sites is 1. The molecule has 0 unspecified atom stereocenters. The summed E-state index contributed by atoms with van der Waals surface area (Å²) in [6.45, 7) is 0. The molecule has 1 saturated carbocycles. The molecule has 166 valence electrons. The molecule has 4 rings (SSSR count). The van der Waals surface area contributed by atoms with Crippen molar-refractivity contribution in [2.75, 3.05) is 5.32 Å². The number of amides is 2. The molecule has 0 aliphatic heterocycles. The lowest BCUT2D eigenvalue weighted by molar-refractivity contribution is -0.116. The molecule has 0 radical (unpaired) electrons. The first kappa shape index (κ1) is 22.1. The molecule has 0 bridgehead atoms. The van der Waals surface area contributed by atoms with Gasteiger partial charge in [0.15, 0.2) is 0 Å². The Morgan fingerprint density at radius 3 is 2.62 bits per heavy atom. The molecule has 1 heterocycles. The number of carbonyl (C=O) groups excluding carboxylic acids is 2. The molecule has 1 fully saturated rings. The van der Waals surface area contributed by atoms with Gasteiger partial charge in [-0.1, -0.05) is 49.1 Å². The molecule has 3 aromatic rings. The van der Waals surface area contributed by atoms with E-state index in [1.165, 1.54) is 6.42 Å². The highest BCUT2D eigenvalue weighted by Gasteiger charge is 2.19. The Hall–Kier alpha value is -3.12. The molecular formula is C25H27ClN4O2. The Kier molecular flexibility index (Phi) is 7.22. The first-order chi connectivity index (χ1) is 15.6. The maximum Gasteiger partial charge on any atom is 0.253 e. The third-order valence-corrected chi connectivity index (χ3v) is 6.06. The fraction of sp³-hybridized carbons (Fsp3) is 0.320. The van der Waals surface area contributed by atoms with Crippen LogP contribution < -0.4 is 10.6 Å². The zero-order chi connectivity index (χ0) is 22.3. The molecule has 1 aromatic heterocycles. The van der Waals surface area contributed by atoms with Crippen LogP contribution in [0.3, 0.4) is 0 Å². The van der Waals surface area contributed by atoms with E-state index in [0.29, 0.717) is 29.1 Å². The Balaban J connectivity index is 1.32. The third-order valence-electron chi connectivity index (χ3n) is 5.73. The van der Waals surface area contributed by atoms with Gasteiger partial charge < -0.3 is 10.6 Å². The summed E-state index contributed by atoms with van der Waals surface area (Å²) >= 11 is 6.26. The number of hydrogen-bond donors (Lipinski definition) is 2. The summed E-state index contributed by atoms with van der Waals surface area (Å²) in [4.78, 5) is 25.2.